The summed E-state index contributed by atoms with van der Waals surface area (Å²) in [4.78, 5) is 9.19. The fraction of sp³-hybridized carbons (Fsp3) is 0.244. The molecule has 0 aliphatic heterocycles. The van der Waals surface area contributed by atoms with Crippen LogP contribution in [-0.4, -0.2) is 18.0 Å². The Bertz CT molecular complexity index is 2250. The topological polar surface area (TPSA) is 38.9 Å². The molecular weight excluding hydrogens is 805 g/mol. The van der Waals surface area contributed by atoms with Crippen molar-refractivity contribution < 1.29 is 25.9 Å². The fourth-order valence-electron chi connectivity index (χ4n) is 6.14. The van der Waals surface area contributed by atoms with Crippen molar-refractivity contribution in [2.75, 3.05) is 0 Å². The summed E-state index contributed by atoms with van der Waals surface area (Å²) in [5.74, 6) is -0.672. The Balaban J connectivity index is 0.000000205. The van der Waals surface area contributed by atoms with Crippen LogP contribution in [0.5, 0.6) is 0 Å². The molecule has 5 heteroatoms. The van der Waals surface area contributed by atoms with Crippen molar-refractivity contribution in [1.82, 2.24) is 9.97 Å². The van der Waals surface area contributed by atoms with E-state index < -0.39 is 14.0 Å². The molecule has 1 radical (unpaired) electrons. The molecule has 0 aliphatic rings. The quantitative estimate of drug-likeness (QED) is 0.124. The molecule has 0 saturated carbocycles. The predicted octanol–water partition coefficient (Wildman–Crippen LogP) is 11.9. The maximum atomic E-state index is 8.27. The Kier molecular flexibility index (Phi) is 11.0. The summed E-state index contributed by atoms with van der Waals surface area (Å²) in [6.07, 6.45) is 4.96. The van der Waals surface area contributed by atoms with Crippen LogP contribution < -0.4 is 5.19 Å². The molecule has 4 aromatic carbocycles. The minimum Gasteiger partial charge on any atom is -0.477 e. The number of pyridine rings is 2. The van der Waals surface area contributed by atoms with Crippen LogP contribution in [0.1, 0.15) is 53.0 Å². The summed E-state index contributed by atoms with van der Waals surface area (Å²) >= 11 is 0. The zero-order valence-electron chi connectivity index (χ0n) is 31.3. The van der Waals surface area contributed by atoms with Gasteiger partial charge in [-0.25, -0.2) is 0 Å². The van der Waals surface area contributed by atoms with Crippen LogP contribution in [0.3, 0.4) is 0 Å². The van der Waals surface area contributed by atoms with Crippen LogP contribution in [0, 0.1) is 17.5 Å². The third kappa shape index (κ3) is 8.76. The van der Waals surface area contributed by atoms with Gasteiger partial charge in [0.25, 0.3) is 0 Å². The Labute approximate surface area is 314 Å². The van der Waals surface area contributed by atoms with Gasteiger partial charge in [-0.2, -0.15) is 0 Å². The number of benzene rings is 4. The molecule has 7 aromatic rings. The van der Waals surface area contributed by atoms with E-state index >= 15 is 0 Å². The number of fused-ring (bicyclic) bond motifs is 3. The monoisotopic (exact) mass is 852 g/mol. The maximum absolute atomic E-state index is 8.27. The largest absolute Gasteiger partial charge is 0.477 e. The number of rotatable bonds is 6. The minimum absolute atomic E-state index is 0. The van der Waals surface area contributed by atoms with E-state index in [4.69, 9.17) is 10.8 Å². The Morgan fingerprint density at radius 1 is 0.780 bits per heavy atom. The van der Waals surface area contributed by atoms with E-state index in [2.05, 4.69) is 106 Å². The summed E-state index contributed by atoms with van der Waals surface area (Å²) in [6.45, 7) is 17.8. The molecule has 0 bridgehead atoms. The van der Waals surface area contributed by atoms with E-state index in [0.717, 1.165) is 62.0 Å². The van der Waals surface area contributed by atoms with Gasteiger partial charge < -0.3 is 14.4 Å². The van der Waals surface area contributed by atoms with Crippen LogP contribution >= 0.6 is 0 Å². The molecule has 0 aliphatic carbocycles. The van der Waals surface area contributed by atoms with Crippen molar-refractivity contribution in [2.24, 2.45) is 5.41 Å². The first-order chi connectivity index (χ1) is 23.7. The molecule has 0 fully saturated rings. The summed E-state index contributed by atoms with van der Waals surface area (Å²) < 4.78 is 14.4. The third-order valence-corrected chi connectivity index (χ3v) is 10.7. The van der Waals surface area contributed by atoms with Gasteiger partial charge in [0.1, 0.15) is 5.58 Å². The van der Waals surface area contributed by atoms with Crippen molar-refractivity contribution in [3.05, 3.63) is 139 Å². The molecule has 0 N–H and O–H groups in total. The van der Waals surface area contributed by atoms with Crippen LogP contribution in [0.4, 0.5) is 0 Å². The summed E-state index contributed by atoms with van der Waals surface area (Å²) in [7, 11) is -1.37. The van der Waals surface area contributed by atoms with E-state index in [-0.39, 0.29) is 25.5 Å². The smallest absolute Gasteiger partial charge is 0.123 e. The maximum Gasteiger partial charge on any atom is 0.123 e. The zero-order valence-corrected chi connectivity index (χ0v) is 33.7. The standard InChI is InChI=1S/C26H20NO.C19H26NSi.Ir/c1-17(2)19-12-13-27-24(15-19)21-8-10-22-23-14-20(18-6-4-3-5-7-18)9-11-25(23)28-26(22)16-21;1-19(2,3)13-16-12-17(15-10-8-7-9-11-15)20-14-18(16)21(4,5)6;/h3-15,17H,1-2H3;7-10,12,14H,13H2,1-6H3;/q2*-1;/i17D;;. The second kappa shape index (κ2) is 15.4. The zero-order chi connectivity index (χ0) is 35.7. The second-order valence-electron chi connectivity index (χ2n) is 15.2. The van der Waals surface area contributed by atoms with Gasteiger partial charge in [-0.3, -0.25) is 0 Å². The van der Waals surface area contributed by atoms with Crippen LogP contribution in [-0.2, 0) is 26.5 Å². The van der Waals surface area contributed by atoms with E-state index in [1.165, 1.54) is 16.3 Å². The van der Waals surface area contributed by atoms with Crippen molar-refractivity contribution >= 4 is 35.2 Å². The average molecular weight is 852 g/mol. The molecule has 3 nitrogen and oxygen atoms in total. The average Bonchev–Trinajstić information content (AvgIpc) is 3.45. The number of aromatic nitrogens is 2. The number of furan rings is 1. The molecule has 0 unspecified atom stereocenters. The van der Waals surface area contributed by atoms with Gasteiger partial charge in [0.2, 0.25) is 0 Å². The van der Waals surface area contributed by atoms with Gasteiger partial charge in [-0.1, -0.05) is 131 Å². The van der Waals surface area contributed by atoms with Gasteiger partial charge in [-0.05, 0) is 63.0 Å². The first kappa shape index (κ1) is 35.7. The van der Waals surface area contributed by atoms with Gasteiger partial charge >= 0.3 is 0 Å². The van der Waals surface area contributed by atoms with Crippen molar-refractivity contribution in [3.8, 4) is 33.6 Å². The predicted molar refractivity (Wildman–Crippen MR) is 210 cm³/mol. The number of hydrogen-bond acceptors (Lipinski definition) is 3. The van der Waals surface area contributed by atoms with Crippen LogP contribution in [0.2, 0.25) is 19.6 Å². The van der Waals surface area contributed by atoms with E-state index in [1.54, 1.807) is 6.20 Å². The van der Waals surface area contributed by atoms with Crippen LogP contribution in [0.15, 0.2) is 120 Å². The molecule has 257 valence electrons. The Hall–Kier alpha value is -4.15. The fourth-order valence-corrected chi connectivity index (χ4v) is 7.72. The van der Waals surface area contributed by atoms with Gasteiger partial charge in [0.15, 0.2) is 0 Å². The summed E-state index contributed by atoms with van der Waals surface area (Å²) in [6, 6.07) is 41.6. The van der Waals surface area contributed by atoms with Gasteiger partial charge in [-0.15, -0.1) is 53.6 Å². The van der Waals surface area contributed by atoms with Crippen molar-refractivity contribution in [2.45, 2.75) is 66.6 Å². The van der Waals surface area contributed by atoms with Gasteiger partial charge in [0.05, 0.1) is 13.7 Å². The van der Waals surface area contributed by atoms with E-state index in [9.17, 15) is 0 Å². The van der Waals surface area contributed by atoms with Crippen LogP contribution in [0.25, 0.3) is 55.6 Å². The van der Waals surface area contributed by atoms with Crippen molar-refractivity contribution in [1.29, 1.82) is 0 Å². The molecular formula is C45H46IrN2OSi-2. The summed E-state index contributed by atoms with van der Waals surface area (Å²) in [5.41, 5.74) is 10.4. The normalized spacial score (nSPS) is 12.2. The molecule has 0 atom stereocenters. The minimum atomic E-state index is -1.37. The second-order valence-corrected chi connectivity index (χ2v) is 20.3. The summed E-state index contributed by atoms with van der Waals surface area (Å²) in [5, 5.41) is 3.61. The molecule has 3 aromatic heterocycles. The molecule has 7 rings (SSSR count). The number of nitrogens with zero attached hydrogens (tertiary/aromatic N) is 2. The SMILES string of the molecule is CC(C)(C)Cc1cc(-c2[c-]cccc2)ncc1[Si](C)(C)C.[2H]C(C)(C)c1ccnc(-c2[c-]c3oc4ccc(-c5ccccc5)cc4c3cc2)c1.[Ir]. The molecule has 0 saturated heterocycles. The Morgan fingerprint density at radius 3 is 2.20 bits per heavy atom. The Morgan fingerprint density at radius 2 is 1.52 bits per heavy atom. The van der Waals surface area contributed by atoms with Crippen molar-refractivity contribution in [3.63, 3.8) is 0 Å². The van der Waals surface area contributed by atoms with E-state index in [1.807, 2.05) is 74.5 Å². The first-order valence-corrected chi connectivity index (χ1v) is 20.5. The first-order valence-electron chi connectivity index (χ1n) is 17.5. The van der Waals surface area contributed by atoms with E-state index in [0.29, 0.717) is 0 Å². The molecule has 50 heavy (non-hydrogen) atoms. The number of hydrogen-bond donors (Lipinski definition) is 0. The molecule has 0 amide bonds. The third-order valence-electron chi connectivity index (χ3n) is 8.62. The molecule has 3 heterocycles. The molecule has 0 spiro atoms. The van der Waals surface area contributed by atoms with Gasteiger partial charge in [0, 0.05) is 33.9 Å².